The van der Waals surface area contributed by atoms with Crippen LogP contribution in [0.2, 0.25) is 0 Å². The maximum Gasteiger partial charge on any atom is 0.0627 e. The molecule has 0 bridgehead atoms. The summed E-state index contributed by atoms with van der Waals surface area (Å²) < 4.78 is 0. The lowest BCUT2D eigenvalue weighted by Crippen LogP contribution is -3.11. The quantitative estimate of drug-likeness (QED) is 0.298. The largest absolute Gasteiger partial charge is 0.408 e. The van der Waals surface area contributed by atoms with E-state index in [0.29, 0.717) is 0 Å². The molecule has 0 amide bonds. The smallest absolute Gasteiger partial charge is 0.0627 e. The maximum atomic E-state index is 7.60. The SMILES string of the molecule is CON[NH+]([NH-])OO. The van der Waals surface area contributed by atoms with E-state index in [9.17, 15) is 0 Å². The highest BCUT2D eigenvalue weighted by atomic mass is 17.2. The Kier molecular flexibility index (Phi) is 3.80. The predicted octanol–water partition coefficient (Wildman–Crippen LogP) is -1.69. The van der Waals surface area contributed by atoms with Crippen LogP contribution in [0.4, 0.5) is 0 Å². The second-order valence-corrected chi connectivity index (χ2v) is 0.727. The van der Waals surface area contributed by atoms with Gasteiger partial charge in [-0.3, -0.25) is 4.84 Å². The molecule has 6 nitrogen and oxygen atoms in total. The highest BCUT2D eigenvalue weighted by molar-refractivity contribution is 3.78. The molecule has 0 fully saturated rings. The molecule has 0 aliphatic rings. The van der Waals surface area contributed by atoms with Gasteiger partial charge in [0, 0.05) is 0 Å². The fourth-order valence-electron chi connectivity index (χ4n) is 0.111. The van der Waals surface area contributed by atoms with Gasteiger partial charge in [-0.25, -0.2) is 0 Å². The van der Waals surface area contributed by atoms with Crippen LogP contribution < -0.4 is 10.9 Å². The van der Waals surface area contributed by atoms with Crippen molar-refractivity contribution in [3.63, 3.8) is 0 Å². The minimum absolute atomic E-state index is 0.539. The molecule has 1 unspecified atom stereocenters. The first-order valence-electron chi connectivity index (χ1n) is 1.50. The molecule has 0 aromatic rings. The zero-order chi connectivity index (χ0) is 5.70. The van der Waals surface area contributed by atoms with Crippen molar-refractivity contribution < 1.29 is 20.4 Å². The topological polar surface area (TPSA) is 79.0 Å². The van der Waals surface area contributed by atoms with Gasteiger partial charge in [-0.05, 0) is 10.6 Å². The van der Waals surface area contributed by atoms with Gasteiger partial charge in [-0.15, -0.1) is 5.28 Å². The van der Waals surface area contributed by atoms with E-state index >= 15 is 0 Å². The number of hydrogen-bond acceptors (Lipinski definition) is 4. The van der Waals surface area contributed by atoms with Crippen LogP contribution in [0.1, 0.15) is 0 Å². The van der Waals surface area contributed by atoms with Crippen LogP contribution >= 0.6 is 0 Å². The van der Waals surface area contributed by atoms with Gasteiger partial charge >= 0.3 is 0 Å². The van der Waals surface area contributed by atoms with Gasteiger partial charge in [0.15, 0.2) is 0 Å². The molecule has 0 radical (unpaired) electrons. The standard InChI is InChI=1S/CH7N3O3/c1-6-3-4(2)7-5/h2-5H,1H3. The zero-order valence-corrected chi connectivity index (χ0v) is 3.76. The summed E-state index contributed by atoms with van der Waals surface area (Å²) in [6, 6.07) is 0. The molecule has 44 valence electrons. The van der Waals surface area contributed by atoms with Crippen LogP contribution in [0, 0.1) is 0 Å². The lowest BCUT2D eigenvalue weighted by molar-refractivity contribution is -1.15. The lowest BCUT2D eigenvalue weighted by atomic mass is 11.7. The lowest BCUT2D eigenvalue weighted by Gasteiger charge is -2.10. The van der Waals surface area contributed by atoms with Gasteiger partial charge in [0.25, 0.3) is 0 Å². The molecular weight excluding hydrogens is 102 g/mol. The molecule has 0 aliphatic carbocycles. The summed E-state index contributed by atoms with van der Waals surface area (Å²) in [7, 11) is 1.30. The Morgan fingerprint density at radius 2 is 2.43 bits per heavy atom. The van der Waals surface area contributed by atoms with Crippen molar-refractivity contribution in [2.24, 2.45) is 0 Å². The minimum atomic E-state index is -0.539. The second-order valence-electron chi connectivity index (χ2n) is 0.727. The number of hydrogen-bond donors (Lipinski definition) is 3. The van der Waals surface area contributed by atoms with Crippen LogP contribution in [0.15, 0.2) is 0 Å². The van der Waals surface area contributed by atoms with Crippen LogP contribution in [-0.2, 0) is 9.83 Å². The highest BCUT2D eigenvalue weighted by Gasteiger charge is 1.86. The van der Waals surface area contributed by atoms with Crippen molar-refractivity contribution in [2.75, 3.05) is 7.11 Å². The number of nitrogens with one attached hydrogen (secondary N) is 3. The Hall–Kier alpha value is -0.240. The molecule has 0 saturated carbocycles. The molecule has 1 atom stereocenters. The van der Waals surface area contributed by atoms with Gasteiger partial charge in [-0.2, -0.15) is 5.26 Å². The average Bonchev–Trinajstić information content (AvgIpc) is 1.68. The molecule has 0 aromatic carbocycles. The first-order chi connectivity index (χ1) is 3.31. The van der Waals surface area contributed by atoms with E-state index in [1.165, 1.54) is 7.11 Å². The van der Waals surface area contributed by atoms with Gasteiger partial charge in [0.1, 0.15) is 0 Å². The third-order valence-corrected chi connectivity index (χ3v) is 0.286. The summed E-state index contributed by atoms with van der Waals surface area (Å²) in [4.78, 5) is 7.47. The zero-order valence-electron chi connectivity index (χ0n) is 3.76. The summed E-state index contributed by atoms with van der Waals surface area (Å²) in [5, 5.41) is 7.06. The molecule has 0 aliphatic heterocycles. The van der Waals surface area contributed by atoms with Crippen LogP contribution in [0.5, 0.6) is 0 Å². The minimum Gasteiger partial charge on any atom is -0.408 e. The first kappa shape index (κ1) is 6.76. The Labute approximate surface area is 40.2 Å². The second kappa shape index (κ2) is 3.93. The summed E-state index contributed by atoms with van der Waals surface area (Å²) in [6.07, 6.45) is 0. The van der Waals surface area contributed by atoms with Crippen LogP contribution in [-0.4, -0.2) is 12.4 Å². The van der Waals surface area contributed by atoms with E-state index in [0.717, 1.165) is 0 Å². The fourth-order valence-corrected chi connectivity index (χ4v) is 0.111. The van der Waals surface area contributed by atoms with E-state index in [-0.39, 0.29) is 0 Å². The fraction of sp³-hybridized carbons (Fsp3) is 1.00. The molecule has 7 heavy (non-hydrogen) atoms. The van der Waals surface area contributed by atoms with Crippen molar-refractivity contribution in [3.05, 3.63) is 5.84 Å². The molecule has 0 aromatic heterocycles. The van der Waals surface area contributed by atoms with Gasteiger partial charge in [0.05, 0.1) is 7.11 Å². The van der Waals surface area contributed by atoms with E-state index in [1.807, 2.05) is 5.59 Å². The molecule has 0 heterocycles. The van der Waals surface area contributed by atoms with Gasteiger partial charge < -0.3 is 5.84 Å². The van der Waals surface area contributed by atoms with E-state index in [2.05, 4.69) is 9.83 Å². The van der Waals surface area contributed by atoms with Crippen molar-refractivity contribution >= 4 is 0 Å². The molecule has 0 rings (SSSR count). The Morgan fingerprint density at radius 3 is 2.57 bits per heavy atom. The third kappa shape index (κ3) is 3.59. The van der Waals surface area contributed by atoms with Crippen LogP contribution in [0.3, 0.4) is 0 Å². The monoisotopic (exact) mass is 109 g/mol. The number of quaternary nitrogens is 1. The van der Waals surface area contributed by atoms with Gasteiger partial charge in [-0.1, -0.05) is 0 Å². The Balaban J connectivity index is 2.83. The molecule has 4 N–H and O–H groups in total. The van der Waals surface area contributed by atoms with Crippen LogP contribution in [0.25, 0.3) is 5.84 Å². The van der Waals surface area contributed by atoms with Crippen molar-refractivity contribution in [3.8, 4) is 0 Å². The summed E-state index contributed by atoms with van der Waals surface area (Å²) in [5.41, 5.74) is 1.91. The average molecular weight is 109 g/mol. The maximum absolute atomic E-state index is 7.60. The summed E-state index contributed by atoms with van der Waals surface area (Å²) >= 11 is 0. The molecule has 0 saturated heterocycles. The summed E-state index contributed by atoms with van der Waals surface area (Å²) in [6.45, 7) is 0. The van der Waals surface area contributed by atoms with E-state index in [1.54, 1.807) is 0 Å². The third-order valence-electron chi connectivity index (χ3n) is 0.286. The van der Waals surface area contributed by atoms with E-state index in [4.69, 9.17) is 11.1 Å². The molecule has 6 heteroatoms. The summed E-state index contributed by atoms with van der Waals surface area (Å²) in [5.74, 6) is 6.43. The Bertz CT molecular complexity index is 41.2. The molecular formula is CH7N3O3. The van der Waals surface area contributed by atoms with Crippen molar-refractivity contribution in [2.45, 2.75) is 0 Å². The molecule has 0 spiro atoms. The number of rotatable bonds is 3. The Morgan fingerprint density at radius 1 is 1.86 bits per heavy atom. The predicted molar refractivity (Wildman–Crippen MR) is 19.1 cm³/mol. The van der Waals surface area contributed by atoms with E-state index < -0.39 is 5.28 Å². The van der Waals surface area contributed by atoms with Gasteiger partial charge in [0.2, 0.25) is 0 Å². The van der Waals surface area contributed by atoms with Crippen molar-refractivity contribution in [1.29, 1.82) is 0 Å². The normalized spacial score (nSPS) is 14.1. The first-order valence-corrected chi connectivity index (χ1v) is 1.50. The highest BCUT2D eigenvalue weighted by Crippen LogP contribution is 1.37. The van der Waals surface area contributed by atoms with Crippen molar-refractivity contribution in [1.82, 2.24) is 5.59 Å².